The van der Waals surface area contributed by atoms with E-state index in [0.717, 1.165) is 0 Å². The van der Waals surface area contributed by atoms with Gasteiger partial charge in [0.1, 0.15) is 28.5 Å². The van der Waals surface area contributed by atoms with E-state index in [2.05, 4.69) is 5.32 Å². The summed E-state index contributed by atoms with van der Waals surface area (Å²) in [5.74, 6) is -0.685. The molecule has 0 unspecified atom stereocenters. The molecule has 0 radical (unpaired) electrons. The number of fused-ring (bicyclic) bond motifs is 1. The van der Waals surface area contributed by atoms with E-state index in [4.69, 9.17) is 9.47 Å². The fraction of sp³-hybridized carbons (Fsp3) is 0.389. The lowest BCUT2D eigenvalue weighted by Gasteiger charge is -2.42. The highest BCUT2D eigenvalue weighted by Gasteiger charge is 2.54. The molecule has 0 aromatic heterocycles. The van der Waals surface area contributed by atoms with E-state index in [0.29, 0.717) is 5.75 Å². The summed E-state index contributed by atoms with van der Waals surface area (Å²) in [5, 5.41) is 3.93. The van der Waals surface area contributed by atoms with Crippen molar-refractivity contribution in [2.45, 2.75) is 37.8 Å². The minimum absolute atomic E-state index is 0.183. The van der Waals surface area contributed by atoms with Gasteiger partial charge in [-0.25, -0.2) is 4.79 Å². The first kappa shape index (κ1) is 18.3. The van der Waals surface area contributed by atoms with Gasteiger partial charge in [0.15, 0.2) is 6.61 Å². The molecule has 138 valence electrons. The number of benzene rings is 1. The molecule has 1 saturated heterocycles. The molecule has 2 atom stereocenters. The minimum Gasteiger partial charge on any atom is -0.484 e. The molecule has 26 heavy (non-hydrogen) atoms. The predicted octanol–water partition coefficient (Wildman–Crippen LogP) is 1.65. The Morgan fingerprint density at radius 3 is 2.58 bits per heavy atom. The molecule has 1 fully saturated rings. The SMILES string of the molecule is CC(C)(C)OC(=O)C1=CS[C@@H]2[C@H](NC(=O)COc3ccccc3)C(=O)N12. The molecule has 0 bridgehead atoms. The number of carbonyl (C=O) groups is 3. The van der Waals surface area contributed by atoms with Crippen molar-refractivity contribution in [3.8, 4) is 5.75 Å². The first-order chi connectivity index (χ1) is 12.3. The van der Waals surface area contributed by atoms with Crippen molar-refractivity contribution < 1.29 is 23.9 Å². The Kier molecular flexibility index (Phi) is 4.95. The van der Waals surface area contributed by atoms with E-state index in [1.54, 1.807) is 50.4 Å². The zero-order chi connectivity index (χ0) is 18.9. The van der Waals surface area contributed by atoms with Crippen LogP contribution in [-0.4, -0.2) is 46.3 Å². The van der Waals surface area contributed by atoms with Crippen LogP contribution in [0.5, 0.6) is 5.75 Å². The fourth-order valence-corrected chi connectivity index (χ4v) is 3.70. The third kappa shape index (κ3) is 3.85. The first-order valence-electron chi connectivity index (χ1n) is 8.15. The van der Waals surface area contributed by atoms with Gasteiger partial charge in [-0.1, -0.05) is 18.2 Å². The molecular weight excluding hydrogens is 356 g/mol. The fourth-order valence-electron chi connectivity index (χ4n) is 2.54. The molecule has 3 rings (SSSR count). The van der Waals surface area contributed by atoms with E-state index in [1.165, 1.54) is 16.7 Å². The maximum Gasteiger partial charge on any atom is 0.356 e. The molecule has 2 heterocycles. The van der Waals surface area contributed by atoms with Gasteiger partial charge in [-0.2, -0.15) is 0 Å². The van der Waals surface area contributed by atoms with E-state index < -0.39 is 23.5 Å². The molecule has 1 N–H and O–H groups in total. The Labute approximate surface area is 155 Å². The number of amides is 2. The van der Waals surface area contributed by atoms with Crippen molar-refractivity contribution in [2.75, 3.05) is 6.61 Å². The van der Waals surface area contributed by atoms with Crippen LogP contribution in [0.25, 0.3) is 0 Å². The van der Waals surface area contributed by atoms with Crippen molar-refractivity contribution in [1.29, 1.82) is 0 Å². The van der Waals surface area contributed by atoms with Crippen LogP contribution in [0.2, 0.25) is 0 Å². The lowest BCUT2D eigenvalue weighted by molar-refractivity contribution is -0.158. The summed E-state index contributed by atoms with van der Waals surface area (Å²) in [4.78, 5) is 37.9. The van der Waals surface area contributed by atoms with Gasteiger partial charge in [0.2, 0.25) is 0 Å². The third-order valence-electron chi connectivity index (χ3n) is 3.66. The van der Waals surface area contributed by atoms with Crippen LogP contribution in [-0.2, 0) is 19.1 Å². The molecule has 0 aliphatic carbocycles. The molecular formula is C18H20N2O5S. The molecule has 0 saturated carbocycles. The molecule has 7 nitrogen and oxygen atoms in total. The number of rotatable bonds is 5. The van der Waals surface area contributed by atoms with Crippen LogP contribution in [0.1, 0.15) is 20.8 Å². The van der Waals surface area contributed by atoms with Gasteiger partial charge >= 0.3 is 5.97 Å². The average Bonchev–Trinajstić information content (AvgIpc) is 2.98. The zero-order valence-corrected chi connectivity index (χ0v) is 15.5. The van der Waals surface area contributed by atoms with Crippen molar-refractivity contribution in [3.05, 3.63) is 41.4 Å². The summed E-state index contributed by atoms with van der Waals surface area (Å²) in [7, 11) is 0. The van der Waals surface area contributed by atoms with Crippen LogP contribution in [0.15, 0.2) is 41.4 Å². The van der Waals surface area contributed by atoms with Crippen molar-refractivity contribution >= 4 is 29.5 Å². The predicted molar refractivity (Wildman–Crippen MR) is 96.0 cm³/mol. The number of hydrogen-bond acceptors (Lipinski definition) is 6. The Morgan fingerprint density at radius 2 is 1.92 bits per heavy atom. The summed E-state index contributed by atoms with van der Waals surface area (Å²) in [6.07, 6.45) is 0. The van der Waals surface area contributed by atoms with Gasteiger partial charge < -0.3 is 14.8 Å². The highest BCUT2D eigenvalue weighted by Crippen LogP contribution is 2.41. The van der Waals surface area contributed by atoms with E-state index >= 15 is 0 Å². The zero-order valence-electron chi connectivity index (χ0n) is 14.7. The number of carbonyl (C=O) groups excluding carboxylic acids is 3. The largest absolute Gasteiger partial charge is 0.484 e. The normalized spacial score (nSPS) is 21.4. The smallest absolute Gasteiger partial charge is 0.356 e. The van der Waals surface area contributed by atoms with Crippen LogP contribution >= 0.6 is 11.8 Å². The van der Waals surface area contributed by atoms with Crippen molar-refractivity contribution in [2.24, 2.45) is 0 Å². The Morgan fingerprint density at radius 1 is 1.23 bits per heavy atom. The molecule has 2 aliphatic heterocycles. The van der Waals surface area contributed by atoms with Gasteiger partial charge in [-0.15, -0.1) is 11.8 Å². The maximum atomic E-state index is 12.3. The van der Waals surface area contributed by atoms with Gasteiger partial charge in [-0.05, 0) is 32.9 Å². The van der Waals surface area contributed by atoms with Crippen LogP contribution in [0.4, 0.5) is 0 Å². The number of para-hydroxylation sites is 1. The van der Waals surface area contributed by atoms with Gasteiger partial charge in [0.05, 0.1) is 0 Å². The second-order valence-corrected chi connectivity index (χ2v) is 7.88. The highest BCUT2D eigenvalue weighted by molar-refractivity contribution is 8.03. The first-order valence-corrected chi connectivity index (χ1v) is 9.10. The molecule has 2 aliphatic rings. The van der Waals surface area contributed by atoms with Crippen molar-refractivity contribution in [1.82, 2.24) is 10.2 Å². The molecule has 1 aromatic rings. The lowest BCUT2D eigenvalue weighted by Crippen LogP contribution is -2.68. The van der Waals surface area contributed by atoms with E-state index in [-0.39, 0.29) is 23.6 Å². The quantitative estimate of drug-likeness (QED) is 0.621. The van der Waals surface area contributed by atoms with Crippen molar-refractivity contribution in [3.63, 3.8) is 0 Å². The van der Waals surface area contributed by atoms with E-state index in [9.17, 15) is 14.4 Å². The minimum atomic E-state index is -0.678. The molecule has 0 spiro atoms. The monoisotopic (exact) mass is 376 g/mol. The van der Waals surface area contributed by atoms with Crippen LogP contribution in [0, 0.1) is 0 Å². The van der Waals surface area contributed by atoms with Gasteiger partial charge in [-0.3, -0.25) is 14.5 Å². The Bertz CT molecular complexity index is 757. The number of thioether (sulfide) groups is 1. The number of β-lactam (4-membered cyclic amide) rings is 1. The van der Waals surface area contributed by atoms with Gasteiger partial charge in [0.25, 0.3) is 11.8 Å². The number of hydrogen-bond donors (Lipinski definition) is 1. The standard InChI is InChI=1S/C18H20N2O5S/c1-18(2,3)25-17(23)12-10-26-16-14(15(22)20(12)16)19-13(21)9-24-11-7-5-4-6-8-11/h4-8,10,14,16H,9H2,1-3H3,(H,19,21)/t14-,16-/m1/s1. The van der Waals surface area contributed by atoms with Gasteiger partial charge in [0, 0.05) is 5.41 Å². The Hall–Kier alpha value is -2.48. The number of esters is 1. The highest BCUT2D eigenvalue weighted by atomic mass is 32.2. The number of nitrogens with zero attached hydrogens (tertiary/aromatic N) is 1. The molecule has 2 amide bonds. The summed E-state index contributed by atoms with van der Waals surface area (Å²) < 4.78 is 10.7. The molecule has 8 heteroatoms. The number of nitrogens with one attached hydrogen (secondary N) is 1. The summed E-state index contributed by atoms with van der Waals surface area (Å²) in [6.45, 7) is 5.10. The second kappa shape index (κ2) is 7.03. The summed E-state index contributed by atoms with van der Waals surface area (Å²) >= 11 is 1.31. The third-order valence-corrected chi connectivity index (χ3v) is 4.78. The topological polar surface area (TPSA) is 84.9 Å². The summed E-state index contributed by atoms with van der Waals surface area (Å²) in [6, 6.07) is 8.27. The summed E-state index contributed by atoms with van der Waals surface area (Å²) in [5.41, 5.74) is -0.428. The lowest BCUT2D eigenvalue weighted by atomic mass is 10.1. The maximum absolute atomic E-state index is 12.3. The van der Waals surface area contributed by atoms with Crippen LogP contribution in [0.3, 0.4) is 0 Å². The van der Waals surface area contributed by atoms with Crippen LogP contribution < -0.4 is 10.1 Å². The van der Waals surface area contributed by atoms with E-state index in [1.807, 2.05) is 6.07 Å². The average molecular weight is 376 g/mol. The number of ether oxygens (including phenoxy) is 2. The second-order valence-electron chi connectivity index (χ2n) is 6.89. The Balaban J connectivity index is 1.52. The molecule has 1 aromatic carbocycles.